The van der Waals surface area contributed by atoms with Crippen LogP contribution in [-0.4, -0.2) is 25.6 Å². The summed E-state index contributed by atoms with van der Waals surface area (Å²) in [6.07, 6.45) is 7.55. The molecule has 2 rings (SSSR count). The highest BCUT2D eigenvalue weighted by molar-refractivity contribution is 6.99. The third-order valence-corrected chi connectivity index (χ3v) is 11.4. The van der Waals surface area contributed by atoms with E-state index in [1.807, 2.05) is 13.0 Å². The molecule has 0 aliphatic rings. The van der Waals surface area contributed by atoms with E-state index in [4.69, 9.17) is 4.43 Å². The van der Waals surface area contributed by atoms with Crippen molar-refractivity contribution in [2.24, 2.45) is 0 Å². The predicted octanol–water partition coefficient (Wildman–Crippen LogP) is 6.40. The monoisotopic (exact) mass is 450 g/mol. The summed E-state index contributed by atoms with van der Waals surface area (Å²) < 4.78 is 7.29. The van der Waals surface area contributed by atoms with Crippen molar-refractivity contribution in [1.29, 1.82) is 0 Å². The number of aliphatic hydroxyl groups excluding tert-OH is 1. The summed E-state index contributed by atoms with van der Waals surface area (Å²) in [6.45, 7) is 16.7. The molecule has 0 aliphatic carbocycles. The molecule has 0 heterocycles. The van der Waals surface area contributed by atoms with Gasteiger partial charge in [0.25, 0.3) is 8.32 Å². The fourth-order valence-electron chi connectivity index (χ4n) is 4.48. The lowest BCUT2D eigenvalue weighted by Gasteiger charge is -2.45. The summed E-state index contributed by atoms with van der Waals surface area (Å²) in [6, 6.07) is 21.7. The van der Waals surface area contributed by atoms with Crippen LogP contribution in [0.5, 0.6) is 0 Å². The lowest BCUT2D eigenvalue weighted by atomic mass is 10.0. The van der Waals surface area contributed by atoms with Crippen LogP contribution in [0.25, 0.3) is 0 Å². The third-order valence-electron chi connectivity index (χ3n) is 6.26. The van der Waals surface area contributed by atoms with Gasteiger partial charge < -0.3 is 9.53 Å². The van der Waals surface area contributed by atoms with Gasteiger partial charge in [0.05, 0.1) is 6.10 Å². The standard InChI is InChI=1S/C29H42O2Si/c1-7-17-25(18-11-8-16-23-28(30)24(2)3)31-32(29(4,5)6,26-19-12-9-13-20-26)27-21-14-10-15-22-27/h7,9-10,12-15,19-22,25,28,30H,1-2,8,11,16-18,23H2,3-6H3. The Morgan fingerprint density at radius 3 is 1.88 bits per heavy atom. The van der Waals surface area contributed by atoms with Crippen molar-refractivity contribution in [3.05, 3.63) is 85.5 Å². The molecule has 0 bridgehead atoms. The van der Waals surface area contributed by atoms with E-state index in [2.05, 4.69) is 94.6 Å². The van der Waals surface area contributed by atoms with Gasteiger partial charge in [0.15, 0.2) is 0 Å². The molecule has 0 aromatic heterocycles. The van der Waals surface area contributed by atoms with Crippen LogP contribution in [0.15, 0.2) is 85.5 Å². The summed E-state index contributed by atoms with van der Waals surface area (Å²) >= 11 is 0. The van der Waals surface area contributed by atoms with Gasteiger partial charge in [0.1, 0.15) is 0 Å². The molecule has 174 valence electrons. The van der Waals surface area contributed by atoms with E-state index >= 15 is 0 Å². The Morgan fingerprint density at radius 1 is 0.938 bits per heavy atom. The second-order valence-corrected chi connectivity index (χ2v) is 14.2. The average molecular weight is 451 g/mol. The zero-order valence-electron chi connectivity index (χ0n) is 20.5. The topological polar surface area (TPSA) is 29.5 Å². The van der Waals surface area contributed by atoms with E-state index in [1.165, 1.54) is 10.4 Å². The quantitative estimate of drug-likeness (QED) is 0.217. The highest BCUT2D eigenvalue weighted by Crippen LogP contribution is 2.38. The number of benzene rings is 2. The molecule has 0 spiro atoms. The number of hydrogen-bond acceptors (Lipinski definition) is 2. The molecule has 0 aliphatic heterocycles. The predicted molar refractivity (Wildman–Crippen MR) is 141 cm³/mol. The van der Waals surface area contributed by atoms with Gasteiger partial charge in [0.2, 0.25) is 0 Å². The van der Waals surface area contributed by atoms with Gasteiger partial charge in [-0.25, -0.2) is 0 Å². The Morgan fingerprint density at radius 2 is 1.44 bits per heavy atom. The summed E-state index contributed by atoms with van der Waals surface area (Å²) in [5.41, 5.74) is 0.851. The molecule has 0 saturated heterocycles. The van der Waals surface area contributed by atoms with E-state index in [-0.39, 0.29) is 17.2 Å². The lowest BCUT2D eigenvalue weighted by molar-refractivity contribution is 0.173. The summed E-state index contributed by atoms with van der Waals surface area (Å²) in [4.78, 5) is 0. The van der Waals surface area contributed by atoms with Crippen molar-refractivity contribution < 1.29 is 9.53 Å². The molecule has 2 aromatic carbocycles. The minimum absolute atomic E-state index is 0.0271. The van der Waals surface area contributed by atoms with Gasteiger partial charge in [0, 0.05) is 6.10 Å². The molecule has 2 atom stereocenters. The molecule has 0 amide bonds. The third kappa shape index (κ3) is 6.78. The molecule has 2 unspecified atom stereocenters. The number of aliphatic hydroxyl groups is 1. The number of hydrogen-bond donors (Lipinski definition) is 1. The molecule has 2 nitrogen and oxygen atoms in total. The van der Waals surface area contributed by atoms with Crippen molar-refractivity contribution in [2.75, 3.05) is 0 Å². The first-order valence-corrected chi connectivity index (χ1v) is 13.9. The fraction of sp³-hybridized carbons (Fsp3) is 0.448. The van der Waals surface area contributed by atoms with E-state index in [0.717, 1.165) is 44.1 Å². The molecule has 3 heteroatoms. The van der Waals surface area contributed by atoms with E-state index in [0.29, 0.717) is 0 Å². The largest absolute Gasteiger partial charge is 0.404 e. The molecule has 0 radical (unpaired) electrons. The molecule has 0 saturated carbocycles. The Hall–Kier alpha value is -1.94. The Bertz CT molecular complexity index is 784. The summed E-state index contributed by atoms with van der Waals surface area (Å²) in [5, 5.41) is 12.6. The Kier molecular flexibility index (Phi) is 10.1. The van der Waals surface area contributed by atoms with Crippen LogP contribution in [0.2, 0.25) is 5.04 Å². The Labute approximate surface area is 197 Å². The van der Waals surface area contributed by atoms with Gasteiger partial charge in [-0.15, -0.1) is 6.58 Å². The van der Waals surface area contributed by atoms with E-state index in [1.54, 1.807) is 0 Å². The SMILES string of the molecule is C=CCC(CCCCCC(O)C(=C)C)O[Si](c1ccccc1)(c1ccccc1)C(C)(C)C. The van der Waals surface area contributed by atoms with E-state index < -0.39 is 8.32 Å². The van der Waals surface area contributed by atoms with Crippen molar-refractivity contribution in [1.82, 2.24) is 0 Å². The first kappa shape index (κ1) is 26.3. The molecular formula is C29H42O2Si. The first-order chi connectivity index (χ1) is 15.2. The maximum absolute atomic E-state index is 9.98. The highest BCUT2D eigenvalue weighted by atomic mass is 28.4. The number of unbranched alkanes of at least 4 members (excludes halogenated alkanes) is 2. The zero-order chi connectivity index (χ0) is 23.6. The van der Waals surface area contributed by atoms with Crippen LogP contribution in [0.3, 0.4) is 0 Å². The van der Waals surface area contributed by atoms with Crippen LogP contribution < -0.4 is 10.4 Å². The summed E-state index contributed by atoms with van der Waals surface area (Å²) in [5.74, 6) is 0. The van der Waals surface area contributed by atoms with Crippen molar-refractivity contribution in [2.45, 2.75) is 83.5 Å². The van der Waals surface area contributed by atoms with Crippen LogP contribution in [0.1, 0.15) is 66.2 Å². The second kappa shape index (κ2) is 12.3. The lowest BCUT2D eigenvalue weighted by Crippen LogP contribution is -2.67. The fourth-order valence-corrected chi connectivity index (χ4v) is 9.21. The van der Waals surface area contributed by atoms with Crippen LogP contribution in [-0.2, 0) is 4.43 Å². The zero-order valence-corrected chi connectivity index (χ0v) is 21.5. The van der Waals surface area contributed by atoms with E-state index in [9.17, 15) is 5.11 Å². The van der Waals surface area contributed by atoms with Gasteiger partial charge in [-0.05, 0) is 41.6 Å². The van der Waals surface area contributed by atoms with Gasteiger partial charge in [-0.2, -0.15) is 0 Å². The van der Waals surface area contributed by atoms with Gasteiger partial charge in [-0.3, -0.25) is 0 Å². The molecule has 32 heavy (non-hydrogen) atoms. The second-order valence-electron chi connectivity index (χ2n) is 9.93. The van der Waals surface area contributed by atoms with Crippen LogP contribution in [0.4, 0.5) is 0 Å². The van der Waals surface area contributed by atoms with Crippen LogP contribution >= 0.6 is 0 Å². The van der Waals surface area contributed by atoms with Crippen molar-refractivity contribution >= 4 is 18.7 Å². The number of rotatable bonds is 13. The first-order valence-electron chi connectivity index (χ1n) is 12.0. The maximum atomic E-state index is 9.98. The van der Waals surface area contributed by atoms with Crippen molar-refractivity contribution in [3.8, 4) is 0 Å². The normalized spacial score (nSPS) is 14.0. The highest BCUT2D eigenvalue weighted by Gasteiger charge is 2.51. The minimum Gasteiger partial charge on any atom is -0.404 e. The Balaban J connectivity index is 2.28. The minimum atomic E-state index is -2.55. The molecule has 0 fully saturated rings. The molecule has 2 aromatic rings. The molecule has 1 N–H and O–H groups in total. The van der Waals surface area contributed by atoms with Crippen molar-refractivity contribution in [3.63, 3.8) is 0 Å². The van der Waals surface area contributed by atoms with Gasteiger partial charge in [-0.1, -0.05) is 119 Å². The average Bonchev–Trinajstić information content (AvgIpc) is 2.77. The van der Waals surface area contributed by atoms with Gasteiger partial charge >= 0.3 is 0 Å². The molecular weight excluding hydrogens is 408 g/mol. The van der Waals surface area contributed by atoms with Crippen LogP contribution in [0, 0.1) is 0 Å². The smallest absolute Gasteiger partial charge is 0.261 e. The maximum Gasteiger partial charge on any atom is 0.261 e. The summed E-state index contributed by atoms with van der Waals surface area (Å²) in [7, 11) is -2.55.